The second-order valence-corrected chi connectivity index (χ2v) is 4.10. The Bertz CT molecular complexity index is 468. The van der Waals surface area contributed by atoms with Crippen molar-refractivity contribution in [2.45, 2.75) is 18.4 Å². The van der Waals surface area contributed by atoms with E-state index in [-0.39, 0.29) is 17.9 Å². The van der Waals surface area contributed by atoms with Gasteiger partial charge >= 0.3 is 5.97 Å². The summed E-state index contributed by atoms with van der Waals surface area (Å²) >= 11 is 0. The Morgan fingerprint density at radius 1 is 1.47 bits per heavy atom. The normalized spacial score (nSPS) is 16.3. The molecule has 1 saturated carbocycles. The summed E-state index contributed by atoms with van der Waals surface area (Å²) in [6.45, 7) is -0.145. The van der Waals surface area contributed by atoms with Gasteiger partial charge in [0.25, 0.3) is 5.91 Å². The van der Waals surface area contributed by atoms with Crippen molar-refractivity contribution < 1.29 is 19.8 Å². The molecule has 2 rings (SSSR count). The third kappa shape index (κ3) is 2.26. The smallest absolute Gasteiger partial charge is 0.338 e. The van der Waals surface area contributed by atoms with E-state index in [2.05, 4.69) is 10.3 Å². The fraction of sp³-hybridized carbons (Fsp3) is 0.364. The molecule has 6 nitrogen and oxygen atoms in total. The zero-order valence-corrected chi connectivity index (χ0v) is 9.01. The van der Waals surface area contributed by atoms with Crippen LogP contribution in [0.15, 0.2) is 18.3 Å². The summed E-state index contributed by atoms with van der Waals surface area (Å²) in [5.74, 6) is -1.76. The predicted molar refractivity (Wildman–Crippen MR) is 57.7 cm³/mol. The molecule has 17 heavy (non-hydrogen) atoms. The van der Waals surface area contributed by atoms with E-state index < -0.39 is 17.4 Å². The fourth-order valence-electron chi connectivity index (χ4n) is 1.53. The van der Waals surface area contributed by atoms with Gasteiger partial charge in [-0.2, -0.15) is 0 Å². The van der Waals surface area contributed by atoms with Crippen LogP contribution in [-0.2, 0) is 0 Å². The summed E-state index contributed by atoms with van der Waals surface area (Å²) in [4.78, 5) is 26.5. The number of carboxylic acids is 1. The van der Waals surface area contributed by atoms with Gasteiger partial charge in [-0.1, -0.05) is 0 Å². The number of carboxylic acid groups (broad SMARTS) is 1. The van der Waals surface area contributed by atoms with Crippen molar-refractivity contribution in [1.82, 2.24) is 10.3 Å². The molecule has 0 bridgehead atoms. The van der Waals surface area contributed by atoms with Gasteiger partial charge in [-0.25, -0.2) is 4.79 Å². The highest BCUT2D eigenvalue weighted by Crippen LogP contribution is 2.34. The van der Waals surface area contributed by atoms with E-state index in [4.69, 9.17) is 10.2 Å². The Kier molecular flexibility index (Phi) is 2.81. The summed E-state index contributed by atoms with van der Waals surface area (Å²) in [6, 6.07) is 2.78. The minimum atomic E-state index is -1.20. The third-order valence-electron chi connectivity index (χ3n) is 2.79. The number of pyridine rings is 1. The van der Waals surface area contributed by atoms with Gasteiger partial charge in [-0.15, -0.1) is 0 Å². The van der Waals surface area contributed by atoms with Crippen molar-refractivity contribution in [1.29, 1.82) is 0 Å². The van der Waals surface area contributed by atoms with Crippen molar-refractivity contribution in [2.24, 2.45) is 0 Å². The van der Waals surface area contributed by atoms with Gasteiger partial charge in [-0.05, 0) is 25.0 Å². The Labute approximate surface area is 97.3 Å². The van der Waals surface area contributed by atoms with Crippen LogP contribution >= 0.6 is 0 Å². The van der Waals surface area contributed by atoms with Gasteiger partial charge in [-0.3, -0.25) is 9.78 Å². The molecule has 0 unspecified atom stereocenters. The summed E-state index contributed by atoms with van der Waals surface area (Å²) in [7, 11) is 0. The third-order valence-corrected chi connectivity index (χ3v) is 2.79. The van der Waals surface area contributed by atoms with Crippen LogP contribution in [-0.4, -0.2) is 39.2 Å². The largest absolute Gasteiger partial charge is 0.478 e. The maximum absolute atomic E-state index is 11.8. The van der Waals surface area contributed by atoms with Gasteiger partial charge < -0.3 is 15.5 Å². The van der Waals surface area contributed by atoms with E-state index in [0.29, 0.717) is 12.8 Å². The molecule has 1 aliphatic rings. The Morgan fingerprint density at radius 2 is 2.18 bits per heavy atom. The average Bonchev–Trinajstić information content (AvgIpc) is 3.09. The van der Waals surface area contributed by atoms with Crippen LogP contribution in [0.3, 0.4) is 0 Å². The molecule has 90 valence electrons. The molecule has 0 radical (unpaired) electrons. The number of hydrogen-bond acceptors (Lipinski definition) is 4. The molecule has 1 fully saturated rings. The second kappa shape index (κ2) is 4.14. The first-order valence-electron chi connectivity index (χ1n) is 5.20. The molecular formula is C11H12N2O4. The molecule has 1 amide bonds. The van der Waals surface area contributed by atoms with Gasteiger partial charge in [0, 0.05) is 6.20 Å². The number of aromatic nitrogens is 1. The van der Waals surface area contributed by atoms with Crippen molar-refractivity contribution in [3.8, 4) is 0 Å². The lowest BCUT2D eigenvalue weighted by molar-refractivity contribution is 0.0688. The summed E-state index contributed by atoms with van der Waals surface area (Å²) in [6.07, 6.45) is 2.76. The number of hydrogen-bond donors (Lipinski definition) is 3. The summed E-state index contributed by atoms with van der Waals surface area (Å²) in [5, 5.41) is 20.6. The quantitative estimate of drug-likeness (QED) is 0.685. The van der Waals surface area contributed by atoms with E-state index >= 15 is 0 Å². The zero-order chi connectivity index (χ0) is 12.5. The van der Waals surface area contributed by atoms with E-state index in [0.717, 1.165) is 0 Å². The Balaban J connectivity index is 2.22. The van der Waals surface area contributed by atoms with E-state index in [1.165, 1.54) is 18.3 Å². The Morgan fingerprint density at radius 3 is 2.71 bits per heavy atom. The van der Waals surface area contributed by atoms with E-state index in [1.54, 1.807) is 0 Å². The molecule has 0 aliphatic heterocycles. The first-order chi connectivity index (χ1) is 8.08. The van der Waals surface area contributed by atoms with Crippen LogP contribution in [0.2, 0.25) is 0 Å². The summed E-state index contributed by atoms with van der Waals surface area (Å²) < 4.78 is 0. The lowest BCUT2D eigenvalue weighted by atomic mass is 10.1. The van der Waals surface area contributed by atoms with Crippen LogP contribution in [0.1, 0.15) is 33.7 Å². The average molecular weight is 236 g/mol. The fourth-order valence-corrected chi connectivity index (χ4v) is 1.53. The van der Waals surface area contributed by atoms with Crippen LogP contribution < -0.4 is 5.32 Å². The molecule has 1 aromatic rings. The van der Waals surface area contributed by atoms with E-state index in [9.17, 15) is 9.59 Å². The lowest BCUT2D eigenvalue weighted by Crippen LogP contribution is -2.40. The lowest BCUT2D eigenvalue weighted by Gasteiger charge is -2.14. The highest BCUT2D eigenvalue weighted by Gasteiger charge is 2.44. The SMILES string of the molecule is O=C(O)c1cccnc1C(=O)NC1(CO)CC1. The van der Waals surface area contributed by atoms with Crippen molar-refractivity contribution in [3.63, 3.8) is 0 Å². The highest BCUT2D eigenvalue weighted by atomic mass is 16.4. The molecule has 0 aromatic carbocycles. The monoisotopic (exact) mass is 236 g/mol. The zero-order valence-electron chi connectivity index (χ0n) is 9.01. The summed E-state index contributed by atoms with van der Waals surface area (Å²) in [5.41, 5.74) is -0.844. The molecule has 0 atom stereocenters. The number of rotatable bonds is 4. The van der Waals surface area contributed by atoms with Crippen LogP contribution in [0, 0.1) is 0 Å². The van der Waals surface area contributed by atoms with Gasteiger partial charge in [0.05, 0.1) is 17.7 Å². The number of aromatic carboxylic acids is 1. The van der Waals surface area contributed by atoms with Crippen LogP contribution in [0.4, 0.5) is 0 Å². The van der Waals surface area contributed by atoms with Crippen molar-refractivity contribution in [2.75, 3.05) is 6.61 Å². The topological polar surface area (TPSA) is 99.5 Å². The number of amides is 1. The molecule has 1 heterocycles. The number of carbonyl (C=O) groups excluding carboxylic acids is 1. The standard InChI is InChI=1S/C11H12N2O4/c14-6-11(3-4-11)13-9(15)8-7(10(16)17)2-1-5-12-8/h1-2,5,14H,3-4,6H2,(H,13,15)(H,16,17). The number of nitrogens with one attached hydrogen (secondary N) is 1. The maximum atomic E-state index is 11.8. The first kappa shape index (κ1) is 11.5. The minimum Gasteiger partial charge on any atom is -0.478 e. The highest BCUT2D eigenvalue weighted by molar-refractivity contribution is 6.03. The number of nitrogens with zero attached hydrogens (tertiary/aromatic N) is 1. The first-order valence-corrected chi connectivity index (χ1v) is 5.20. The molecule has 1 aromatic heterocycles. The van der Waals surface area contributed by atoms with Crippen molar-refractivity contribution in [3.05, 3.63) is 29.6 Å². The van der Waals surface area contributed by atoms with Gasteiger partial charge in [0.15, 0.2) is 0 Å². The second-order valence-electron chi connectivity index (χ2n) is 4.10. The molecule has 3 N–H and O–H groups in total. The van der Waals surface area contributed by atoms with Gasteiger partial charge in [0.1, 0.15) is 5.69 Å². The number of carbonyl (C=O) groups is 2. The van der Waals surface area contributed by atoms with Crippen LogP contribution in [0.25, 0.3) is 0 Å². The predicted octanol–water partition coefficient (Wildman–Crippen LogP) is 0.0345. The number of aliphatic hydroxyl groups is 1. The Hall–Kier alpha value is -1.95. The van der Waals surface area contributed by atoms with Gasteiger partial charge in [0.2, 0.25) is 0 Å². The molecule has 1 aliphatic carbocycles. The molecular weight excluding hydrogens is 224 g/mol. The maximum Gasteiger partial charge on any atom is 0.338 e. The minimum absolute atomic E-state index is 0.125. The van der Waals surface area contributed by atoms with Crippen molar-refractivity contribution >= 4 is 11.9 Å². The molecule has 0 saturated heterocycles. The molecule has 0 spiro atoms. The molecule has 6 heteroatoms. The van der Waals surface area contributed by atoms with E-state index in [1.807, 2.05) is 0 Å². The number of aliphatic hydroxyl groups excluding tert-OH is 1. The van der Waals surface area contributed by atoms with Crippen LogP contribution in [0.5, 0.6) is 0 Å².